The zero-order valence-corrected chi connectivity index (χ0v) is 17.9. The minimum absolute atomic E-state index is 0.0672. The number of anilines is 2. The van der Waals surface area contributed by atoms with Crippen molar-refractivity contribution >= 4 is 23.6 Å². The largest absolute Gasteiger partial charge is 0.465 e. The number of rotatable bonds is 6. The summed E-state index contributed by atoms with van der Waals surface area (Å²) in [7, 11) is 5.24. The van der Waals surface area contributed by atoms with Crippen molar-refractivity contribution in [3.63, 3.8) is 0 Å². The number of esters is 1. The van der Waals surface area contributed by atoms with Crippen molar-refractivity contribution in [3.05, 3.63) is 47.2 Å². The van der Waals surface area contributed by atoms with E-state index >= 15 is 0 Å². The topological polar surface area (TPSA) is 96.5 Å². The molecular formula is C22H29N5O3. The van der Waals surface area contributed by atoms with Gasteiger partial charge in [0.2, 0.25) is 5.95 Å². The summed E-state index contributed by atoms with van der Waals surface area (Å²) in [6.07, 6.45) is 5.32. The molecule has 0 saturated heterocycles. The Balaban J connectivity index is 1.56. The Bertz CT molecular complexity index is 907. The van der Waals surface area contributed by atoms with Crippen LogP contribution >= 0.6 is 0 Å². The van der Waals surface area contributed by atoms with Crippen molar-refractivity contribution in [1.82, 2.24) is 15.3 Å². The van der Waals surface area contributed by atoms with Crippen LogP contribution < -0.4 is 15.5 Å². The molecule has 8 nitrogen and oxygen atoms in total. The SMILES string of the molecule is COC(=O)c1ccccc1C(=O)N[C@H]1CC[C@@H](Nc2ncc(C)c(N(C)C)n2)CC1. The molecule has 1 aliphatic carbocycles. The van der Waals surface area contributed by atoms with Gasteiger partial charge in [-0.1, -0.05) is 12.1 Å². The molecule has 3 rings (SSSR count). The second-order valence-electron chi connectivity index (χ2n) is 7.80. The van der Waals surface area contributed by atoms with E-state index in [-0.39, 0.29) is 23.6 Å². The molecule has 1 aromatic heterocycles. The zero-order chi connectivity index (χ0) is 21.7. The lowest BCUT2D eigenvalue weighted by Crippen LogP contribution is -2.40. The highest BCUT2D eigenvalue weighted by molar-refractivity contribution is 6.05. The average molecular weight is 412 g/mol. The lowest BCUT2D eigenvalue weighted by atomic mass is 9.91. The minimum atomic E-state index is -0.510. The van der Waals surface area contributed by atoms with Crippen LogP contribution in [0.25, 0.3) is 0 Å². The predicted molar refractivity (Wildman–Crippen MR) is 116 cm³/mol. The van der Waals surface area contributed by atoms with Gasteiger partial charge in [0, 0.05) is 37.9 Å². The predicted octanol–water partition coefficient (Wildman–Crippen LogP) is 2.79. The quantitative estimate of drug-likeness (QED) is 0.706. The van der Waals surface area contributed by atoms with Crippen LogP contribution in [0, 0.1) is 6.92 Å². The Hall–Kier alpha value is -3.16. The summed E-state index contributed by atoms with van der Waals surface area (Å²) < 4.78 is 4.78. The molecule has 0 unspecified atom stereocenters. The first-order valence-corrected chi connectivity index (χ1v) is 10.1. The van der Waals surface area contributed by atoms with Gasteiger partial charge in [0.05, 0.1) is 18.2 Å². The summed E-state index contributed by atoms with van der Waals surface area (Å²) in [6, 6.07) is 7.04. The van der Waals surface area contributed by atoms with E-state index in [1.807, 2.05) is 32.1 Å². The van der Waals surface area contributed by atoms with Gasteiger partial charge < -0.3 is 20.3 Å². The molecule has 1 heterocycles. The van der Waals surface area contributed by atoms with Crippen molar-refractivity contribution in [1.29, 1.82) is 0 Å². The van der Waals surface area contributed by atoms with E-state index < -0.39 is 5.97 Å². The maximum Gasteiger partial charge on any atom is 0.338 e. The fourth-order valence-corrected chi connectivity index (χ4v) is 3.75. The number of ether oxygens (including phenoxy) is 1. The summed E-state index contributed by atoms with van der Waals surface area (Å²) in [5.74, 6) is 0.773. The molecule has 2 N–H and O–H groups in total. The van der Waals surface area contributed by atoms with Gasteiger partial charge in [0.15, 0.2) is 0 Å². The number of amides is 1. The summed E-state index contributed by atoms with van der Waals surface area (Å²) in [5, 5.41) is 6.48. The third-order valence-corrected chi connectivity index (χ3v) is 5.34. The Morgan fingerprint density at radius 3 is 2.33 bits per heavy atom. The first-order chi connectivity index (χ1) is 14.4. The second-order valence-corrected chi connectivity index (χ2v) is 7.80. The molecule has 0 radical (unpaired) electrons. The number of hydrogen-bond acceptors (Lipinski definition) is 7. The Morgan fingerprint density at radius 1 is 1.07 bits per heavy atom. The number of hydrogen-bond donors (Lipinski definition) is 2. The van der Waals surface area contributed by atoms with Gasteiger partial charge in [-0.15, -0.1) is 0 Å². The van der Waals surface area contributed by atoms with Crippen molar-refractivity contribution in [2.75, 3.05) is 31.4 Å². The summed E-state index contributed by atoms with van der Waals surface area (Å²) in [4.78, 5) is 35.6. The molecule has 1 amide bonds. The van der Waals surface area contributed by atoms with Crippen molar-refractivity contribution < 1.29 is 14.3 Å². The van der Waals surface area contributed by atoms with E-state index in [0.717, 1.165) is 37.1 Å². The van der Waals surface area contributed by atoms with Crippen molar-refractivity contribution in [3.8, 4) is 0 Å². The maximum atomic E-state index is 12.7. The molecule has 1 fully saturated rings. The third kappa shape index (κ3) is 5.06. The number of carbonyl (C=O) groups excluding carboxylic acids is 2. The molecule has 1 aliphatic rings. The number of methoxy groups -OCH3 is 1. The van der Waals surface area contributed by atoms with Gasteiger partial charge in [-0.2, -0.15) is 4.98 Å². The molecule has 1 aromatic carbocycles. The molecule has 0 atom stereocenters. The normalized spacial score (nSPS) is 18.4. The van der Waals surface area contributed by atoms with E-state index in [2.05, 4.69) is 20.6 Å². The average Bonchev–Trinajstić information content (AvgIpc) is 2.75. The van der Waals surface area contributed by atoms with Gasteiger partial charge in [0.25, 0.3) is 5.91 Å². The van der Waals surface area contributed by atoms with Crippen LogP contribution in [-0.4, -0.2) is 55.1 Å². The van der Waals surface area contributed by atoms with Crippen LogP contribution in [0.4, 0.5) is 11.8 Å². The van der Waals surface area contributed by atoms with Crippen LogP contribution in [0.1, 0.15) is 52.0 Å². The molecule has 0 spiro atoms. The molecule has 0 bridgehead atoms. The van der Waals surface area contributed by atoms with Crippen LogP contribution in [0.15, 0.2) is 30.5 Å². The highest BCUT2D eigenvalue weighted by Crippen LogP contribution is 2.23. The van der Waals surface area contributed by atoms with Crippen molar-refractivity contribution in [2.45, 2.75) is 44.7 Å². The lowest BCUT2D eigenvalue weighted by molar-refractivity contribution is 0.0596. The van der Waals surface area contributed by atoms with Crippen LogP contribution in [0.5, 0.6) is 0 Å². The van der Waals surface area contributed by atoms with E-state index in [1.165, 1.54) is 7.11 Å². The molecular weight excluding hydrogens is 382 g/mol. The van der Waals surface area contributed by atoms with Crippen molar-refractivity contribution in [2.24, 2.45) is 0 Å². The van der Waals surface area contributed by atoms with E-state index in [1.54, 1.807) is 24.3 Å². The lowest BCUT2D eigenvalue weighted by Gasteiger charge is -2.30. The minimum Gasteiger partial charge on any atom is -0.465 e. The molecule has 1 saturated carbocycles. The van der Waals surface area contributed by atoms with Gasteiger partial charge in [-0.25, -0.2) is 9.78 Å². The smallest absolute Gasteiger partial charge is 0.338 e. The Labute approximate surface area is 177 Å². The van der Waals surface area contributed by atoms with Gasteiger partial charge >= 0.3 is 5.97 Å². The standard InChI is InChI=1S/C22H29N5O3/c1-14-13-23-22(26-19(14)27(2)3)25-16-11-9-15(10-12-16)24-20(28)17-7-5-6-8-18(17)21(29)30-4/h5-8,13,15-16H,9-12H2,1-4H3,(H,24,28)(H,23,25,26)/t15-,16+. The molecule has 2 aromatic rings. The Kier molecular flexibility index (Phi) is 6.87. The fourth-order valence-electron chi connectivity index (χ4n) is 3.75. The summed E-state index contributed by atoms with van der Waals surface area (Å²) >= 11 is 0. The highest BCUT2D eigenvalue weighted by atomic mass is 16.5. The van der Waals surface area contributed by atoms with E-state index in [9.17, 15) is 9.59 Å². The number of nitrogens with zero attached hydrogens (tertiary/aromatic N) is 3. The first-order valence-electron chi connectivity index (χ1n) is 10.1. The van der Waals surface area contributed by atoms with Gasteiger partial charge in [-0.05, 0) is 44.7 Å². The Morgan fingerprint density at radius 2 is 1.70 bits per heavy atom. The van der Waals surface area contributed by atoms with Crippen LogP contribution in [0.2, 0.25) is 0 Å². The number of carbonyl (C=O) groups is 2. The molecule has 160 valence electrons. The number of nitrogens with one attached hydrogen (secondary N) is 2. The first kappa shape index (κ1) is 21.5. The number of aryl methyl sites for hydroxylation is 1. The highest BCUT2D eigenvalue weighted by Gasteiger charge is 2.25. The molecule has 30 heavy (non-hydrogen) atoms. The monoisotopic (exact) mass is 411 g/mol. The number of benzene rings is 1. The number of aromatic nitrogens is 2. The summed E-state index contributed by atoms with van der Waals surface area (Å²) in [5.41, 5.74) is 1.65. The fraction of sp³-hybridized carbons (Fsp3) is 0.455. The maximum absolute atomic E-state index is 12.7. The van der Waals surface area contributed by atoms with E-state index in [0.29, 0.717) is 11.5 Å². The molecule has 8 heteroatoms. The van der Waals surface area contributed by atoms with E-state index in [4.69, 9.17) is 4.74 Å². The van der Waals surface area contributed by atoms with Gasteiger partial charge in [-0.3, -0.25) is 4.79 Å². The molecule has 0 aliphatic heterocycles. The summed E-state index contributed by atoms with van der Waals surface area (Å²) in [6.45, 7) is 1.99. The third-order valence-electron chi connectivity index (χ3n) is 5.34. The van der Waals surface area contributed by atoms with Crippen LogP contribution in [-0.2, 0) is 4.74 Å². The van der Waals surface area contributed by atoms with Gasteiger partial charge in [0.1, 0.15) is 5.82 Å². The van der Waals surface area contributed by atoms with Crippen LogP contribution in [0.3, 0.4) is 0 Å². The second kappa shape index (κ2) is 9.56. The zero-order valence-electron chi connectivity index (χ0n) is 17.9.